The van der Waals surface area contributed by atoms with Gasteiger partial charge < -0.3 is 14.6 Å². The van der Waals surface area contributed by atoms with Crippen LogP contribution in [0.25, 0.3) is 16.0 Å². The largest absolute Gasteiger partial charge is 0.507 e. The number of carbonyl (C=O) groups excluding carboxylic acids is 2. The van der Waals surface area contributed by atoms with Crippen molar-refractivity contribution in [1.82, 2.24) is 4.98 Å². The number of aliphatic hydroxyl groups is 1. The molecule has 1 atom stereocenters. The van der Waals surface area contributed by atoms with Gasteiger partial charge in [-0.1, -0.05) is 68.4 Å². The molecule has 2 heterocycles. The molecule has 1 saturated heterocycles. The fraction of sp³-hybridized carbons (Fsp3) is 0.303. The van der Waals surface area contributed by atoms with Crippen LogP contribution in [0.3, 0.4) is 0 Å². The lowest BCUT2D eigenvalue weighted by Crippen LogP contribution is -2.29. The van der Waals surface area contributed by atoms with Crippen LogP contribution in [0.15, 0.2) is 72.3 Å². The highest BCUT2D eigenvalue weighted by Gasteiger charge is 2.48. The lowest BCUT2D eigenvalue weighted by atomic mass is 9.95. The topological polar surface area (TPSA) is 89.0 Å². The molecule has 1 aromatic heterocycles. The van der Waals surface area contributed by atoms with E-state index in [-0.39, 0.29) is 11.3 Å². The van der Waals surface area contributed by atoms with Gasteiger partial charge in [0.05, 0.1) is 35.0 Å². The number of carbonyl (C=O) groups is 2. The number of ketones is 1. The van der Waals surface area contributed by atoms with E-state index in [1.54, 1.807) is 18.2 Å². The third kappa shape index (κ3) is 5.98. The first-order chi connectivity index (χ1) is 19.9. The fourth-order valence-corrected chi connectivity index (χ4v) is 5.86. The lowest BCUT2D eigenvalue weighted by Gasteiger charge is -2.23. The molecule has 1 aliphatic rings. The van der Waals surface area contributed by atoms with E-state index >= 15 is 0 Å². The van der Waals surface area contributed by atoms with Gasteiger partial charge in [-0.3, -0.25) is 14.5 Å². The minimum absolute atomic E-state index is 0.01000. The van der Waals surface area contributed by atoms with Gasteiger partial charge in [-0.25, -0.2) is 4.98 Å². The fourth-order valence-electron chi connectivity index (χ4n) is 4.77. The Morgan fingerprint density at radius 3 is 2.34 bits per heavy atom. The second kappa shape index (κ2) is 12.6. The van der Waals surface area contributed by atoms with Crippen LogP contribution in [-0.2, 0) is 9.59 Å². The molecule has 8 heteroatoms. The van der Waals surface area contributed by atoms with Crippen LogP contribution in [-0.4, -0.2) is 35.0 Å². The van der Waals surface area contributed by atoms with Gasteiger partial charge in [0.15, 0.2) is 5.13 Å². The van der Waals surface area contributed by atoms with Gasteiger partial charge in [0.1, 0.15) is 17.3 Å². The van der Waals surface area contributed by atoms with Gasteiger partial charge in [0, 0.05) is 5.56 Å². The molecule has 1 fully saturated rings. The Kier molecular flexibility index (Phi) is 8.69. The third-order valence-electron chi connectivity index (χ3n) is 7.02. The number of aromatic nitrogens is 1. The molecule has 41 heavy (non-hydrogen) atoms. The zero-order valence-corrected chi connectivity index (χ0v) is 24.4. The van der Waals surface area contributed by atoms with Crippen LogP contribution in [0.1, 0.15) is 62.3 Å². The molecule has 1 N–H and O–H groups in total. The van der Waals surface area contributed by atoms with E-state index in [0.29, 0.717) is 41.0 Å². The highest BCUT2D eigenvalue weighted by Crippen LogP contribution is 2.44. The van der Waals surface area contributed by atoms with Gasteiger partial charge in [-0.05, 0) is 67.3 Å². The highest BCUT2D eigenvalue weighted by atomic mass is 32.1. The van der Waals surface area contributed by atoms with Crippen molar-refractivity contribution in [3.8, 4) is 11.5 Å². The summed E-state index contributed by atoms with van der Waals surface area (Å²) in [4.78, 5) is 33.3. The number of hydrogen-bond donors (Lipinski definition) is 1. The van der Waals surface area contributed by atoms with E-state index in [9.17, 15) is 14.7 Å². The van der Waals surface area contributed by atoms with Gasteiger partial charge >= 0.3 is 5.91 Å². The van der Waals surface area contributed by atoms with Gasteiger partial charge in [-0.15, -0.1) is 0 Å². The second-order valence-electron chi connectivity index (χ2n) is 10.1. The number of ether oxygens (including phenoxy) is 2. The van der Waals surface area contributed by atoms with Gasteiger partial charge in [0.25, 0.3) is 5.78 Å². The molecule has 1 aliphatic heterocycles. The summed E-state index contributed by atoms with van der Waals surface area (Å²) in [5.41, 5.74) is 2.90. The van der Waals surface area contributed by atoms with Crippen molar-refractivity contribution in [3.63, 3.8) is 0 Å². The van der Waals surface area contributed by atoms with Crippen molar-refractivity contribution in [2.24, 2.45) is 0 Å². The van der Waals surface area contributed by atoms with E-state index in [1.165, 1.54) is 16.2 Å². The molecular formula is C33H34N2O5S. The smallest absolute Gasteiger partial charge is 0.301 e. The van der Waals surface area contributed by atoms with E-state index < -0.39 is 17.7 Å². The quantitative estimate of drug-likeness (QED) is 0.0865. The molecule has 1 amide bonds. The molecule has 212 valence electrons. The standard InChI is InChI=1S/C33H34N2O5S/c1-4-6-17-39-24-14-12-22(13-15-24)29-28(30(36)23-9-8-10-25(20-23)40-18-7-5-2)31(37)32(38)35(29)33-34-26-16-11-21(3)19-27(26)41-33/h8-16,19-20,29,36H,4-7,17-18H2,1-3H3/b30-28+. The first kappa shape index (κ1) is 28.4. The number of benzene rings is 3. The van der Waals surface area contributed by atoms with Crippen molar-refractivity contribution < 1.29 is 24.2 Å². The number of nitrogens with zero attached hydrogens (tertiary/aromatic N) is 2. The maximum absolute atomic E-state index is 13.6. The number of aliphatic hydroxyl groups excluding tert-OH is 1. The molecule has 7 nitrogen and oxygen atoms in total. The Morgan fingerprint density at radius 1 is 0.927 bits per heavy atom. The van der Waals surface area contributed by atoms with Crippen LogP contribution in [0.4, 0.5) is 5.13 Å². The summed E-state index contributed by atoms with van der Waals surface area (Å²) < 4.78 is 12.6. The van der Waals surface area contributed by atoms with Crippen LogP contribution in [0, 0.1) is 6.92 Å². The zero-order valence-electron chi connectivity index (χ0n) is 23.6. The molecule has 4 aromatic rings. The number of unbranched alkanes of at least 4 members (excludes halogenated alkanes) is 2. The summed E-state index contributed by atoms with van der Waals surface area (Å²) in [7, 11) is 0. The zero-order chi connectivity index (χ0) is 28.9. The van der Waals surface area contributed by atoms with Crippen LogP contribution in [0.2, 0.25) is 0 Å². The first-order valence-corrected chi connectivity index (χ1v) is 14.9. The Labute approximate surface area is 244 Å². The predicted octanol–water partition coefficient (Wildman–Crippen LogP) is 7.59. The molecule has 0 aliphatic carbocycles. The van der Waals surface area contributed by atoms with Gasteiger partial charge in [0.2, 0.25) is 0 Å². The van der Waals surface area contributed by atoms with Crippen molar-refractivity contribution in [2.45, 2.75) is 52.5 Å². The lowest BCUT2D eigenvalue weighted by molar-refractivity contribution is -0.132. The number of Topliss-reactive ketones (excluding diaryl/α,β-unsaturated/α-hetero) is 1. The molecule has 0 saturated carbocycles. The Balaban J connectivity index is 1.60. The predicted molar refractivity (Wildman–Crippen MR) is 163 cm³/mol. The number of rotatable bonds is 11. The monoisotopic (exact) mass is 570 g/mol. The summed E-state index contributed by atoms with van der Waals surface area (Å²) in [5, 5.41) is 12.0. The molecule has 1 unspecified atom stereocenters. The molecule has 0 spiro atoms. The SMILES string of the molecule is CCCCOc1ccc(C2/C(=C(\O)c3cccc(OCCCC)c3)C(=O)C(=O)N2c2nc3ccc(C)cc3s2)cc1. The second-order valence-corrected chi connectivity index (χ2v) is 11.1. The molecule has 0 bridgehead atoms. The average molecular weight is 571 g/mol. The molecular weight excluding hydrogens is 536 g/mol. The van der Waals surface area contributed by atoms with Crippen molar-refractivity contribution >= 4 is 44.1 Å². The number of hydrogen-bond acceptors (Lipinski definition) is 7. The molecule has 5 rings (SSSR count). The summed E-state index contributed by atoms with van der Waals surface area (Å²) in [6.45, 7) is 7.34. The number of fused-ring (bicyclic) bond motifs is 1. The number of thiazole rings is 1. The summed E-state index contributed by atoms with van der Waals surface area (Å²) in [6, 6.07) is 19.3. The minimum Gasteiger partial charge on any atom is -0.507 e. The van der Waals surface area contributed by atoms with Crippen molar-refractivity contribution in [3.05, 3.63) is 89.0 Å². The van der Waals surface area contributed by atoms with E-state index in [0.717, 1.165) is 41.5 Å². The van der Waals surface area contributed by atoms with E-state index in [1.807, 2.05) is 55.5 Å². The van der Waals surface area contributed by atoms with E-state index in [2.05, 4.69) is 13.8 Å². The number of amides is 1. The Bertz CT molecular complexity index is 1590. The third-order valence-corrected chi connectivity index (χ3v) is 8.04. The molecule has 3 aromatic carbocycles. The average Bonchev–Trinajstić information content (AvgIpc) is 3.51. The van der Waals surface area contributed by atoms with Crippen LogP contribution >= 0.6 is 11.3 Å². The van der Waals surface area contributed by atoms with Crippen LogP contribution < -0.4 is 14.4 Å². The van der Waals surface area contributed by atoms with Crippen molar-refractivity contribution in [1.29, 1.82) is 0 Å². The van der Waals surface area contributed by atoms with Crippen molar-refractivity contribution in [2.75, 3.05) is 18.1 Å². The number of anilines is 1. The highest BCUT2D eigenvalue weighted by molar-refractivity contribution is 7.22. The minimum atomic E-state index is -0.869. The summed E-state index contributed by atoms with van der Waals surface area (Å²) >= 11 is 1.35. The maximum Gasteiger partial charge on any atom is 0.301 e. The maximum atomic E-state index is 13.6. The van der Waals surface area contributed by atoms with E-state index in [4.69, 9.17) is 14.5 Å². The first-order valence-electron chi connectivity index (χ1n) is 14.1. The Morgan fingerprint density at radius 2 is 1.63 bits per heavy atom. The summed E-state index contributed by atoms with van der Waals surface area (Å²) in [5.74, 6) is -0.457. The Hall–Kier alpha value is -4.17. The summed E-state index contributed by atoms with van der Waals surface area (Å²) in [6.07, 6.45) is 3.87. The normalized spacial score (nSPS) is 16.5. The number of aryl methyl sites for hydroxylation is 1. The van der Waals surface area contributed by atoms with Crippen LogP contribution in [0.5, 0.6) is 11.5 Å². The molecule has 0 radical (unpaired) electrons. The van der Waals surface area contributed by atoms with Gasteiger partial charge in [-0.2, -0.15) is 0 Å².